The van der Waals surface area contributed by atoms with E-state index in [0.29, 0.717) is 0 Å². The molecule has 0 aromatic carbocycles. The van der Waals surface area contributed by atoms with Crippen molar-refractivity contribution in [2.75, 3.05) is 21.3 Å². The fourth-order valence-electron chi connectivity index (χ4n) is 1.17. The van der Waals surface area contributed by atoms with Gasteiger partial charge in [-0.3, -0.25) is 9.59 Å². The predicted molar refractivity (Wildman–Crippen MR) is 61.0 cm³/mol. The molecule has 0 aliphatic carbocycles. The van der Waals surface area contributed by atoms with Crippen LogP contribution in [0.4, 0.5) is 0 Å². The normalized spacial score (nSPS) is 11.2. The summed E-state index contributed by atoms with van der Waals surface area (Å²) in [7, 11) is 1.62. The Morgan fingerprint density at radius 3 is 1.88 bits per heavy atom. The molecular weight excluding hydrogens is 228 g/mol. The van der Waals surface area contributed by atoms with Gasteiger partial charge in [-0.2, -0.15) is 0 Å². The van der Waals surface area contributed by atoms with Crippen molar-refractivity contribution in [1.82, 2.24) is 0 Å². The number of hydrogen-bond acceptors (Lipinski definition) is 5. The van der Waals surface area contributed by atoms with Crippen LogP contribution in [-0.2, 0) is 22.9 Å². The molecule has 0 amide bonds. The van der Waals surface area contributed by atoms with Gasteiger partial charge in [-0.05, 0) is 12.5 Å². The van der Waals surface area contributed by atoms with E-state index in [2.05, 4.69) is 6.58 Å². The minimum Gasteiger partial charge on any atom is -0.377 e. The number of Topliss-reactive ketones (excluding diaryl/α,β-unsaturated/α-hetero) is 2. The van der Waals surface area contributed by atoms with Crippen molar-refractivity contribution in [3.05, 3.63) is 12.2 Å². The van der Waals surface area contributed by atoms with Gasteiger partial charge in [0.1, 0.15) is 0 Å². The van der Waals surface area contributed by atoms with Crippen molar-refractivity contribution in [2.45, 2.75) is 19.4 Å². The first-order valence-corrected chi connectivity index (χ1v) is 6.74. The molecule has 0 radical (unpaired) electrons. The van der Waals surface area contributed by atoms with Crippen LogP contribution in [0.3, 0.4) is 0 Å². The Hall–Kier alpha value is -0.823. The fourth-order valence-corrected chi connectivity index (χ4v) is 2.82. The lowest BCUT2D eigenvalue weighted by Gasteiger charge is -2.23. The maximum Gasteiger partial charge on any atom is 0.500 e. The summed E-state index contributed by atoms with van der Waals surface area (Å²) in [4.78, 5) is 22.7. The highest BCUT2D eigenvalue weighted by atomic mass is 28.4. The van der Waals surface area contributed by atoms with E-state index in [-0.39, 0.29) is 18.0 Å². The van der Waals surface area contributed by atoms with Crippen molar-refractivity contribution in [3.8, 4) is 0 Å². The first-order valence-electron chi connectivity index (χ1n) is 4.81. The fraction of sp³-hybridized carbons (Fsp3) is 0.600. The van der Waals surface area contributed by atoms with E-state index in [1.165, 1.54) is 28.3 Å². The zero-order valence-corrected chi connectivity index (χ0v) is 11.2. The second kappa shape index (κ2) is 6.69. The van der Waals surface area contributed by atoms with Gasteiger partial charge in [-0.1, -0.05) is 6.58 Å². The second-order valence-corrected chi connectivity index (χ2v) is 6.42. The van der Waals surface area contributed by atoms with Gasteiger partial charge in [-0.25, -0.2) is 0 Å². The zero-order valence-electron chi connectivity index (χ0n) is 10.2. The van der Waals surface area contributed by atoms with E-state index in [4.69, 9.17) is 13.3 Å². The lowest BCUT2D eigenvalue weighted by Crippen LogP contribution is -2.43. The molecular formula is C10H18O5Si. The zero-order chi connectivity index (χ0) is 12.8. The van der Waals surface area contributed by atoms with Crippen LogP contribution in [0.25, 0.3) is 0 Å². The average Bonchev–Trinajstić information content (AvgIpc) is 2.30. The summed E-state index contributed by atoms with van der Waals surface area (Å²) in [6, 6.07) is 0.286. The van der Waals surface area contributed by atoms with Crippen molar-refractivity contribution in [1.29, 1.82) is 0 Å². The van der Waals surface area contributed by atoms with Crippen LogP contribution < -0.4 is 0 Å². The Kier molecular flexibility index (Phi) is 6.35. The van der Waals surface area contributed by atoms with E-state index in [1.807, 2.05) is 0 Å². The molecule has 5 nitrogen and oxygen atoms in total. The monoisotopic (exact) mass is 246 g/mol. The van der Waals surface area contributed by atoms with E-state index in [0.717, 1.165) is 0 Å². The van der Waals surface area contributed by atoms with Crippen LogP contribution in [0.1, 0.15) is 13.3 Å². The average molecular weight is 246 g/mol. The second-order valence-electron chi connectivity index (χ2n) is 3.33. The van der Waals surface area contributed by atoms with E-state index >= 15 is 0 Å². The number of ketones is 2. The van der Waals surface area contributed by atoms with E-state index in [9.17, 15) is 9.59 Å². The summed E-state index contributed by atoms with van der Waals surface area (Å²) in [5.41, 5.74) is 0.240. The van der Waals surface area contributed by atoms with Gasteiger partial charge in [0.2, 0.25) is 11.6 Å². The first-order chi connectivity index (χ1) is 7.42. The molecule has 0 unspecified atom stereocenters. The van der Waals surface area contributed by atoms with Crippen molar-refractivity contribution >= 4 is 20.4 Å². The Labute approximate surface area is 96.7 Å². The highest BCUT2D eigenvalue weighted by molar-refractivity contribution is 6.61. The van der Waals surface area contributed by atoms with E-state index < -0.39 is 20.4 Å². The molecule has 0 saturated heterocycles. The lowest BCUT2D eigenvalue weighted by molar-refractivity contribution is -0.134. The molecule has 0 aromatic heterocycles. The molecule has 0 saturated carbocycles. The maximum atomic E-state index is 11.4. The topological polar surface area (TPSA) is 61.8 Å². The lowest BCUT2D eigenvalue weighted by atomic mass is 10.1. The van der Waals surface area contributed by atoms with Gasteiger partial charge in [0.15, 0.2) is 0 Å². The number of hydrogen-bond donors (Lipinski definition) is 0. The first kappa shape index (κ1) is 15.2. The summed E-state index contributed by atoms with van der Waals surface area (Å²) in [6.45, 7) is 4.94. The summed E-state index contributed by atoms with van der Waals surface area (Å²) < 4.78 is 15.4. The molecule has 0 rings (SSSR count). The van der Waals surface area contributed by atoms with Gasteiger partial charge in [-0.15, -0.1) is 0 Å². The van der Waals surface area contributed by atoms with Crippen LogP contribution in [0.15, 0.2) is 12.2 Å². The van der Waals surface area contributed by atoms with E-state index in [1.54, 1.807) is 0 Å². The minimum absolute atomic E-state index is 0.0490. The van der Waals surface area contributed by atoms with Crippen molar-refractivity contribution in [2.24, 2.45) is 0 Å². The number of rotatable bonds is 8. The summed E-state index contributed by atoms with van der Waals surface area (Å²) >= 11 is 0. The molecule has 0 heterocycles. The molecule has 0 fully saturated rings. The SMILES string of the molecule is C=C(C)C(=O)C(=O)CC[Si](OC)(OC)OC. The highest BCUT2D eigenvalue weighted by Gasteiger charge is 2.38. The van der Waals surface area contributed by atoms with Crippen molar-refractivity contribution in [3.63, 3.8) is 0 Å². The Balaban J connectivity index is 4.38. The predicted octanol–water partition coefficient (Wildman–Crippen LogP) is 0.969. The molecule has 0 bridgehead atoms. The molecule has 92 valence electrons. The van der Waals surface area contributed by atoms with Crippen LogP contribution in [0.2, 0.25) is 6.04 Å². The van der Waals surface area contributed by atoms with Gasteiger partial charge in [0, 0.05) is 33.8 Å². The third-order valence-electron chi connectivity index (χ3n) is 2.23. The molecule has 0 aliphatic heterocycles. The molecule has 0 aromatic rings. The Bertz CT molecular complexity index is 275. The third-order valence-corrected chi connectivity index (χ3v) is 4.96. The molecule has 0 spiro atoms. The van der Waals surface area contributed by atoms with Crippen LogP contribution in [-0.4, -0.2) is 41.7 Å². The molecule has 0 aliphatic rings. The van der Waals surface area contributed by atoms with Crippen LogP contribution >= 0.6 is 0 Å². The summed E-state index contributed by atoms with van der Waals surface area (Å²) in [5, 5.41) is 0. The summed E-state index contributed by atoms with van der Waals surface area (Å²) in [6.07, 6.45) is 0.0490. The van der Waals surface area contributed by atoms with Gasteiger partial charge >= 0.3 is 8.80 Å². The van der Waals surface area contributed by atoms with Gasteiger partial charge in [0.25, 0.3) is 0 Å². The Morgan fingerprint density at radius 2 is 1.56 bits per heavy atom. The number of carbonyl (C=O) groups is 2. The molecule has 6 heteroatoms. The smallest absolute Gasteiger partial charge is 0.377 e. The van der Waals surface area contributed by atoms with Crippen LogP contribution in [0.5, 0.6) is 0 Å². The maximum absolute atomic E-state index is 11.4. The summed E-state index contributed by atoms with van der Waals surface area (Å²) in [5.74, 6) is -1.04. The quantitative estimate of drug-likeness (QED) is 0.363. The highest BCUT2D eigenvalue weighted by Crippen LogP contribution is 2.15. The number of allylic oxidation sites excluding steroid dienone is 1. The molecule has 0 atom stereocenters. The van der Waals surface area contributed by atoms with Crippen LogP contribution in [0, 0.1) is 0 Å². The largest absolute Gasteiger partial charge is 0.500 e. The van der Waals surface area contributed by atoms with Gasteiger partial charge < -0.3 is 13.3 Å². The third kappa shape index (κ3) is 3.97. The number of carbonyl (C=O) groups excluding carboxylic acids is 2. The van der Waals surface area contributed by atoms with Crippen molar-refractivity contribution < 1.29 is 22.9 Å². The molecule has 0 N–H and O–H groups in total. The minimum atomic E-state index is -2.76. The van der Waals surface area contributed by atoms with Gasteiger partial charge in [0.05, 0.1) is 0 Å². The molecule has 16 heavy (non-hydrogen) atoms. The Morgan fingerprint density at radius 1 is 1.12 bits per heavy atom. The standard InChI is InChI=1S/C10H18O5Si/c1-8(2)10(12)9(11)6-7-16(13-3,14-4)15-5/h1,6-7H2,2-5H3.